The molecule has 1 N–H and O–H groups in total. The highest BCUT2D eigenvalue weighted by Gasteiger charge is 2.54. The average molecular weight is 435 g/mol. The molecule has 0 aromatic heterocycles. The molecule has 5 nitrogen and oxygen atoms in total. The van der Waals surface area contributed by atoms with E-state index >= 15 is 0 Å². The lowest BCUT2D eigenvalue weighted by Gasteiger charge is -2.58. The molecule has 0 bridgehead atoms. The van der Waals surface area contributed by atoms with Crippen LogP contribution < -0.4 is 0 Å². The van der Waals surface area contributed by atoms with Crippen molar-refractivity contribution in [1.82, 2.24) is 9.80 Å². The molecule has 166 valence electrons. The van der Waals surface area contributed by atoms with Gasteiger partial charge in [-0.05, 0) is 41.8 Å². The molecule has 0 unspecified atom stereocenters. The molecule has 2 amide bonds. The van der Waals surface area contributed by atoms with Crippen molar-refractivity contribution < 1.29 is 19.1 Å². The van der Waals surface area contributed by atoms with Gasteiger partial charge in [0.15, 0.2) is 0 Å². The monoisotopic (exact) mass is 434 g/mol. The first kappa shape index (κ1) is 22.0. The highest BCUT2D eigenvalue weighted by molar-refractivity contribution is 5.97. The summed E-state index contributed by atoms with van der Waals surface area (Å²) < 4.78 is 13.6. The Labute approximate surface area is 187 Å². The molecule has 0 aliphatic carbocycles. The molecule has 3 atom stereocenters. The molecule has 2 fully saturated rings. The lowest BCUT2D eigenvalue weighted by atomic mass is 9.73. The second kappa shape index (κ2) is 9.13. The van der Waals surface area contributed by atoms with E-state index in [2.05, 4.69) is 25.7 Å². The van der Waals surface area contributed by atoms with Crippen LogP contribution in [0.15, 0.2) is 48.5 Å². The highest BCUT2D eigenvalue weighted by Crippen LogP contribution is 2.43. The first-order valence-electron chi connectivity index (χ1n) is 10.9. The molecule has 0 spiro atoms. The minimum absolute atomic E-state index is 0.0700. The van der Waals surface area contributed by atoms with Crippen molar-refractivity contribution in [3.8, 4) is 11.8 Å². The number of halogens is 1. The van der Waals surface area contributed by atoms with E-state index in [9.17, 15) is 19.1 Å². The van der Waals surface area contributed by atoms with Crippen LogP contribution in [0.2, 0.25) is 0 Å². The number of hydrogen-bond donors (Lipinski definition) is 1. The summed E-state index contributed by atoms with van der Waals surface area (Å²) in [5.41, 5.74) is 2.16. The van der Waals surface area contributed by atoms with Crippen LogP contribution in [0.3, 0.4) is 0 Å². The van der Waals surface area contributed by atoms with Crippen molar-refractivity contribution in [3.05, 3.63) is 71.0 Å². The summed E-state index contributed by atoms with van der Waals surface area (Å²) >= 11 is 0. The van der Waals surface area contributed by atoms with Crippen molar-refractivity contribution in [2.75, 3.05) is 19.7 Å². The quantitative estimate of drug-likeness (QED) is 0.753. The summed E-state index contributed by atoms with van der Waals surface area (Å²) in [4.78, 5) is 28.8. The molecular weight excluding hydrogens is 407 g/mol. The van der Waals surface area contributed by atoms with Gasteiger partial charge in [0.1, 0.15) is 12.4 Å². The SMILES string of the molecule is CC(C)CC#Cc1ccc([C@@H]2[C@H]3CN(C(=O)c4cccc(F)c4)CC(=O)N3[C@H]2CO)cc1. The minimum atomic E-state index is -0.487. The van der Waals surface area contributed by atoms with Gasteiger partial charge in [0.25, 0.3) is 5.91 Å². The second-order valence-corrected chi connectivity index (χ2v) is 8.86. The van der Waals surface area contributed by atoms with Gasteiger partial charge in [-0.2, -0.15) is 0 Å². The zero-order valence-electron chi connectivity index (χ0n) is 18.3. The van der Waals surface area contributed by atoms with Crippen molar-refractivity contribution in [2.45, 2.75) is 38.3 Å². The number of carbonyl (C=O) groups is 2. The molecule has 6 heteroatoms. The first-order valence-corrected chi connectivity index (χ1v) is 10.9. The molecule has 2 heterocycles. The Kier molecular flexibility index (Phi) is 6.29. The molecule has 2 saturated heterocycles. The number of hydrogen-bond acceptors (Lipinski definition) is 3. The van der Waals surface area contributed by atoms with Crippen LogP contribution in [0.25, 0.3) is 0 Å². The fraction of sp³-hybridized carbons (Fsp3) is 0.385. The lowest BCUT2D eigenvalue weighted by molar-refractivity contribution is -0.159. The van der Waals surface area contributed by atoms with Gasteiger partial charge in [-0.3, -0.25) is 9.59 Å². The first-order chi connectivity index (χ1) is 15.4. The van der Waals surface area contributed by atoms with Gasteiger partial charge >= 0.3 is 0 Å². The lowest BCUT2D eigenvalue weighted by Crippen LogP contribution is -2.73. The number of benzene rings is 2. The number of fused-ring (bicyclic) bond motifs is 1. The largest absolute Gasteiger partial charge is 0.394 e. The average Bonchev–Trinajstić information content (AvgIpc) is 2.75. The Morgan fingerprint density at radius 1 is 1.22 bits per heavy atom. The van der Waals surface area contributed by atoms with Gasteiger partial charge in [-0.15, -0.1) is 0 Å². The van der Waals surface area contributed by atoms with Gasteiger partial charge in [0.2, 0.25) is 5.91 Å². The third kappa shape index (κ3) is 4.26. The third-order valence-electron chi connectivity index (χ3n) is 6.15. The van der Waals surface area contributed by atoms with E-state index in [-0.39, 0.29) is 48.5 Å². The minimum Gasteiger partial charge on any atom is -0.394 e. The Morgan fingerprint density at radius 3 is 2.62 bits per heavy atom. The third-order valence-corrected chi connectivity index (χ3v) is 6.15. The molecule has 2 aliphatic heterocycles. The van der Waals surface area contributed by atoms with E-state index < -0.39 is 5.82 Å². The summed E-state index contributed by atoms with van der Waals surface area (Å²) in [5.74, 6) is 5.74. The molecular formula is C26H27FN2O3. The number of rotatable bonds is 4. The summed E-state index contributed by atoms with van der Waals surface area (Å²) in [6.07, 6.45) is 0.839. The maximum atomic E-state index is 13.6. The fourth-order valence-electron chi connectivity index (χ4n) is 4.60. The van der Waals surface area contributed by atoms with E-state index in [1.54, 1.807) is 11.0 Å². The van der Waals surface area contributed by atoms with E-state index in [1.807, 2.05) is 24.3 Å². The maximum Gasteiger partial charge on any atom is 0.254 e. The predicted molar refractivity (Wildman–Crippen MR) is 119 cm³/mol. The standard InChI is InChI=1S/C26H27FN2O3/c1-17(2)5-3-6-18-9-11-19(12-10-18)25-22-14-28(15-24(31)29(22)23(25)16-30)26(32)20-7-4-8-21(27)13-20/h4,7-13,17,22-23,25,30H,5,14-16H2,1-2H3/t22-,23+,25-/m1/s1. The molecule has 2 aliphatic rings. The van der Waals surface area contributed by atoms with Crippen LogP contribution in [-0.4, -0.2) is 58.5 Å². The summed E-state index contributed by atoms with van der Waals surface area (Å²) in [5, 5.41) is 9.94. The van der Waals surface area contributed by atoms with Crippen LogP contribution in [0, 0.1) is 23.6 Å². The Balaban J connectivity index is 1.53. The van der Waals surface area contributed by atoms with Crippen molar-refractivity contribution >= 4 is 11.8 Å². The molecule has 4 rings (SSSR count). The molecule has 2 aromatic rings. The molecule has 0 saturated carbocycles. The van der Waals surface area contributed by atoms with Crippen LogP contribution >= 0.6 is 0 Å². The van der Waals surface area contributed by atoms with E-state index in [4.69, 9.17) is 0 Å². The fourth-order valence-corrected chi connectivity index (χ4v) is 4.60. The normalized spacial score (nSPS) is 22.2. The number of piperazine rings is 1. The van der Waals surface area contributed by atoms with Gasteiger partial charge in [-0.25, -0.2) is 4.39 Å². The van der Waals surface area contributed by atoms with Crippen LogP contribution in [0.1, 0.15) is 47.7 Å². The van der Waals surface area contributed by atoms with Crippen LogP contribution in [0.4, 0.5) is 4.39 Å². The van der Waals surface area contributed by atoms with Crippen molar-refractivity contribution in [1.29, 1.82) is 0 Å². The topological polar surface area (TPSA) is 60.9 Å². The van der Waals surface area contributed by atoms with E-state index in [0.29, 0.717) is 12.5 Å². The zero-order valence-corrected chi connectivity index (χ0v) is 18.3. The van der Waals surface area contributed by atoms with Gasteiger partial charge < -0.3 is 14.9 Å². The maximum absolute atomic E-state index is 13.6. The second-order valence-electron chi connectivity index (χ2n) is 8.86. The number of nitrogens with zero attached hydrogens (tertiary/aromatic N) is 2. The van der Waals surface area contributed by atoms with Crippen molar-refractivity contribution in [2.24, 2.45) is 5.92 Å². The number of aliphatic hydroxyl groups is 1. The summed E-state index contributed by atoms with van der Waals surface area (Å²) in [7, 11) is 0. The van der Waals surface area contributed by atoms with Crippen LogP contribution in [-0.2, 0) is 4.79 Å². The summed E-state index contributed by atoms with van der Waals surface area (Å²) in [6, 6.07) is 12.9. The summed E-state index contributed by atoms with van der Waals surface area (Å²) in [6.45, 7) is 4.39. The van der Waals surface area contributed by atoms with Gasteiger partial charge in [-0.1, -0.05) is 43.9 Å². The Bertz CT molecular complexity index is 1070. The molecule has 0 radical (unpaired) electrons. The Morgan fingerprint density at radius 2 is 1.97 bits per heavy atom. The smallest absolute Gasteiger partial charge is 0.254 e. The Hall–Kier alpha value is -3.17. The van der Waals surface area contributed by atoms with E-state index in [0.717, 1.165) is 17.5 Å². The zero-order chi connectivity index (χ0) is 22.8. The predicted octanol–water partition coefficient (Wildman–Crippen LogP) is 3.03. The van der Waals surface area contributed by atoms with Crippen LogP contribution in [0.5, 0.6) is 0 Å². The number of carbonyl (C=O) groups excluding carboxylic acids is 2. The van der Waals surface area contributed by atoms with Crippen molar-refractivity contribution in [3.63, 3.8) is 0 Å². The number of aliphatic hydroxyl groups excluding tert-OH is 1. The van der Waals surface area contributed by atoms with Gasteiger partial charge in [0.05, 0.1) is 18.7 Å². The van der Waals surface area contributed by atoms with E-state index in [1.165, 1.54) is 23.1 Å². The highest BCUT2D eigenvalue weighted by atomic mass is 19.1. The molecule has 32 heavy (non-hydrogen) atoms. The number of amides is 2. The van der Waals surface area contributed by atoms with Gasteiger partial charge in [0, 0.05) is 30.0 Å². The molecule has 2 aromatic carbocycles.